The number of halogens is 1. The third-order valence-electron chi connectivity index (χ3n) is 2.37. The number of ether oxygens (including phenoxy) is 1. The second kappa shape index (κ2) is 4.10. The second-order valence-corrected chi connectivity index (χ2v) is 3.48. The fraction of sp³-hybridized carbons (Fsp3) is 0.875. The molecule has 0 aromatic rings. The molecule has 0 unspecified atom stereocenters. The Kier molecular flexibility index (Phi) is 3.35. The van der Waals surface area contributed by atoms with Gasteiger partial charge in [0.25, 0.3) is 0 Å². The van der Waals surface area contributed by atoms with Gasteiger partial charge in [0.1, 0.15) is 0 Å². The van der Waals surface area contributed by atoms with E-state index in [2.05, 4.69) is 4.74 Å². The normalized spacial score (nSPS) is 35.1. The van der Waals surface area contributed by atoms with Crippen molar-refractivity contribution in [2.24, 2.45) is 11.8 Å². The van der Waals surface area contributed by atoms with Crippen molar-refractivity contribution in [2.75, 3.05) is 13.0 Å². The minimum atomic E-state index is -0.391. The van der Waals surface area contributed by atoms with Crippen molar-refractivity contribution in [1.29, 1.82) is 0 Å². The number of hydrogen-bond acceptors (Lipinski definition) is 3. The molecule has 4 heteroatoms. The molecule has 12 heavy (non-hydrogen) atoms. The minimum absolute atomic E-state index is 0.0779. The van der Waals surface area contributed by atoms with Crippen LogP contribution in [0.25, 0.3) is 0 Å². The van der Waals surface area contributed by atoms with E-state index in [-0.39, 0.29) is 17.8 Å². The maximum atomic E-state index is 11.1. The second-order valence-electron chi connectivity index (χ2n) is 3.17. The quantitative estimate of drug-likeness (QED) is 0.520. The Morgan fingerprint density at radius 2 is 2.33 bits per heavy atom. The lowest BCUT2D eigenvalue weighted by Crippen LogP contribution is -2.21. The van der Waals surface area contributed by atoms with Crippen LogP contribution in [0, 0.1) is 11.8 Å². The minimum Gasteiger partial charge on any atom is -0.469 e. The van der Waals surface area contributed by atoms with E-state index in [4.69, 9.17) is 11.6 Å². The molecule has 1 fully saturated rings. The van der Waals surface area contributed by atoms with Gasteiger partial charge in [-0.15, -0.1) is 11.6 Å². The van der Waals surface area contributed by atoms with Gasteiger partial charge in [-0.25, -0.2) is 0 Å². The Hall–Kier alpha value is -0.280. The van der Waals surface area contributed by atoms with Gasteiger partial charge < -0.3 is 9.84 Å². The molecule has 0 spiro atoms. The standard InChI is InChI=1S/C8H13ClO3/c1-12-8(11)7-3-6(10)2-5(7)4-9/h5-7,10H,2-4H2,1H3/t5-,6-,7-/m1/s1. The number of carbonyl (C=O) groups is 1. The van der Waals surface area contributed by atoms with E-state index in [1.165, 1.54) is 7.11 Å². The first-order chi connectivity index (χ1) is 5.69. The molecule has 1 saturated carbocycles. The van der Waals surface area contributed by atoms with E-state index in [1.807, 2.05) is 0 Å². The molecule has 3 atom stereocenters. The molecule has 1 N–H and O–H groups in total. The summed E-state index contributed by atoms with van der Waals surface area (Å²) in [6.45, 7) is 0. The maximum absolute atomic E-state index is 11.1. The molecule has 1 rings (SSSR count). The fourth-order valence-corrected chi connectivity index (χ4v) is 2.05. The summed E-state index contributed by atoms with van der Waals surface area (Å²) in [5, 5.41) is 9.28. The van der Waals surface area contributed by atoms with E-state index in [0.717, 1.165) is 0 Å². The highest BCUT2D eigenvalue weighted by atomic mass is 35.5. The summed E-state index contributed by atoms with van der Waals surface area (Å²) in [7, 11) is 1.36. The topological polar surface area (TPSA) is 46.5 Å². The Bertz CT molecular complexity index is 172. The van der Waals surface area contributed by atoms with E-state index >= 15 is 0 Å². The van der Waals surface area contributed by atoms with Gasteiger partial charge in [0.15, 0.2) is 0 Å². The summed E-state index contributed by atoms with van der Waals surface area (Å²) in [4.78, 5) is 11.1. The zero-order valence-electron chi connectivity index (χ0n) is 7.00. The maximum Gasteiger partial charge on any atom is 0.309 e. The number of alkyl halides is 1. The Labute approximate surface area is 76.7 Å². The van der Waals surface area contributed by atoms with Gasteiger partial charge in [0.2, 0.25) is 0 Å². The van der Waals surface area contributed by atoms with Crippen LogP contribution in [0.1, 0.15) is 12.8 Å². The summed E-state index contributed by atoms with van der Waals surface area (Å²) in [5.41, 5.74) is 0. The predicted octanol–water partition coefficient (Wildman–Crippen LogP) is 0.785. The smallest absolute Gasteiger partial charge is 0.309 e. The van der Waals surface area contributed by atoms with Crippen LogP contribution in [0.2, 0.25) is 0 Å². The Balaban J connectivity index is 2.57. The first kappa shape index (κ1) is 9.81. The molecule has 0 amide bonds. The zero-order chi connectivity index (χ0) is 9.14. The highest BCUT2D eigenvalue weighted by Crippen LogP contribution is 2.33. The summed E-state index contributed by atoms with van der Waals surface area (Å²) in [6.07, 6.45) is 0.714. The molecule has 0 aromatic heterocycles. The van der Waals surface area contributed by atoms with Gasteiger partial charge in [-0.1, -0.05) is 0 Å². The molecule has 0 radical (unpaired) electrons. The lowest BCUT2D eigenvalue weighted by molar-refractivity contribution is -0.146. The molecule has 1 aliphatic rings. The van der Waals surface area contributed by atoms with Crippen LogP contribution in [0.5, 0.6) is 0 Å². The molecular weight excluding hydrogens is 180 g/mol. The van der Waals surface area contributed by atoms with Gasteiger partial charge in [0.05, 0.1) is 19.1 Å². The number of hydrogen-bond donors (Lipinski definition) is 1. The molecule has 70 valence electrons. The van der Waals surface area contributed by atoms with Crippen LogP contribution in [0.4, 0.5) is 0 Å². The first-order valence-corrected chi connectivity index (χ1v) is 4.54. The lowest BCUT2D eigenvalue weighted by atomic mass is 9.98. The lowest BCUT2D eigenvalue weighted by Gasteiger charge is -2.12. The molecule has 0 saturated heterocycles. The SMILES string of the molecule is COC(=O)[C@@H]1C[C@H](O)C[C@@H]1CCl. The van der Waals surface area contributed by atoms with Crippen LogP contribution in [0.15, 0.2) is 0 Å². The van der Waals surface area contributed by atoms with Gasteiger partial charge in [-0.05, 0) is 18.8 Å². The molecule has 0 aliphatic heterocycles. The Morgan fingerprint density at radius 3 is 2.83 bits per heavy atom. The number of aliphatic hydroxyl groups excluding tert-OH is 1. The third kappa shape index (κ3) is 1.90. The summed E-state index contributed by atoms with van der Waals surface area (Å²) < 4.78 is 4.61. The fourth-order valence-electron chi connectivity index (χ4n) is 1.71. The van der Waals surface area contributed by atoms with Crippen molar-refractivity contribution in [3.8, 4) is 0 Å². The van der Waals surface area contributed by atoms with Crippen molar-refractivity contribution >= 4 is 17.6 Å². The van der Waals surface area contributed by atoms with Crippen LogP contribution < -0.4 is 0 Å². The van der Waals surface area contributed by atoms with Gasteiger partial charge in [0, 0.05) is 5.88 Å². The number of carbonyl (C=O) groups excluding carboxylic acids is 1. The molecule has 3 nitrogen and oxygen atoms in total. The molecule has 0 bridgehead atoms. The number of esters is 1. The zero-order valence-corrected chi connectivity index (χ0v) is 7.75. The first-order valence-electron chi connectivity index (χ1n) is 4.01. The highest BCUT2D eigenvalue weighted by molar-refractivity contribution is 6.18. The van der Waals surface area contributed by atoms with Crippen LogP contribution >= 0.6 is 11.6 Å². The van der Waals surface area contributed by atoms with E-state index in [1.54, 1.807) is 0 Å². The average Bonchev–Trinajstić information content (AvgIpc) is 2.45. The van der Waals surface area contributed by atoms with Gasteiger partial charge in [-0.2, -0.15) is 0 Å². The molecule has 0 aromatic carbocycles. The van der Waals surface area contributed by atoms with Gasteiger partial charge >= 0.3 is 5.97 Å². The van der Waals surface area contributed by atoms with Crippen LogP contribution in [-0.4, -0.2) is 30.2 Å². The predicted molar refractivity (Wildman–Crippen MR) is 45.0 cm³/mol. The van der Waals surface area contributed by atoms with Gasteiger partial charge in [-0.3, -0.25) is 4.79 Å². The van der Waals surface area contributed by atoms with E-state index < -0.39 is 6.10 Å². The van der Waals surface area contributed by atoms with Crippen molar-refractivity contribution < 1.29 is 14.6 Å². The average molecular weight is 193 g/mol. The summed E-state index contributed by atoms with van der Waals surface area (Å²) in [6, 6.07) is 0. The number of aliphatic hydroxyl groups is 1. The molecule has 1 aliphatic carbocycles. The number of rotatable bonds is 2. The van der Waals surface area contributed by atoms with E-state index in [9.17, 15) is 9.90 Å². The Morgan fingerprint density at radius 1 is 1.67 bits per heavy atom. The molecule has 0 heterocycles. The highest BCUT2D eigenvalue weighted by Gasteiger charge is 2.37. The van der Waals surface area contributed by atoms with Crippen molar-refractivity contribution in [2.45, 2.75) is 18.9 Å². The van der Waals surface area contributed by atoms with E-state index in [0.29, 0.717) is 18.7 Å². The van der Waals surface area contributed by atoms with Crippen molar-refractivity contribution in [3.05, 3.63) is 0 Å². The van der Waals surface area contributed by atoms with Crippen LogP contribution in [-0.2, 0) is 9.53 Å². The largest absolute Gasteiger partial charge is 0.469 e. The van der Waals surface area contributed by atoms with Crippen molar-refractivity contribution in [3.63, 3.8) is 0 Å². The monoisotopic (exact) mass is 192 g/mol. The molecular formula is C8H13ClO3. The van der Waals surface area contributed by atoms with Crippen LogP contribution in [0.3, 0.4) is 0 Å². The summed E-state index contributed by atoms with van der Waals surface area (Å²) >= 11 is 5.65. The number of methoxy groups -OCH3 is 1. The third-order valence-corrected chi connectivity index (χ3v) is 2.77. The van der Waals surface area contributed by atoms with Crippen molar-refractivity contribution in [1.82, 2.24) is 0 Å². The summed E-state index contributed by atoms with van der Waals surface area (Å²) in [5.74, 6) is 0.0328.